The van der Waals surface area contributed by atoms with Crippen LogP contribution < -0.4 is 10.1 Å². The third-order valence-electron chi connectivity index (χ3n) is 3.08. The number of anilines is 1. The second kappa shape index (κ2) is 7.58. The van der Waals surface area contributed by atoms with Gasteiger partial charge in [-0.3, -0.25) is 9.59 Å². The molecule has 0 unspecified atom stereocenters. The van der Waals surface area contributed by atoms with Gasteiger partial charge in [0.05, 0.1) is 11.8 Å². The average molecular weight is 339 g/mol. The second-order valence-corrected chi connectivity index (χ2v) is 4.97. The summed E-state index contributed by atoms with van der Waals surface area (Å²) in [6.45, 7) is 0.920. The zero-order valence-electron chi connectivity index (χ0n) is 12.7. The molecule has 0 saturated carbocycles. The Morgan fingerprint density at radius 2 is 1.96 bits per heavy atom. The topological polar surface area (TPSA) is 88.8 Å². The molecule has 8 heteroatoms. The molecule has 0 aliphatic rings. The van der Waals surface area contributed by atoms with E-state index in [1.54, 1.807) is 6.92 Å². The number of furan rings is 1. The van der Waals surface area contributed by atoms with Gasteiger partial charge in [0, 0.05) is 11.3 Å². The summed E-state index contributed by atoms with van der Waals surface area (Å²) >= 11 is 0. The lowest BCUT2D eigenvalue weighted by molar-refractivity contribution is -0.136. The molecular weight excluding hydrogens is 324 g/mol. The monoisotopic (exact) mass is 339 g/mol. The number of carboxylic acid groups (broad SMARTS) is 1. The van der Waals surface area contributed by atoms with Crippen molar-refractivity contribution in [3.63, 3.8) is 0 Å². The summed E-state index contributed by atoms with van der Waals surface area (Å²) in [4.78, 5) is 23.1. The number of hydrogen-bond donors (Lipinski definition) is 2. The van der Waals surface area contributed by atoms with Crippen LogP contribution in [0.1, 0.15) is 21.7 Å². The first-order chi connectivity index (χ1) is 11.4. The molecule has 0 fully saturated rings. The molecule has 1 heterocycles. The molecule has 1 amide bonds. The molecule has 0 bridgehead atoms. The van der Waals surface area contributed by atoms with Gasteiger partial charge in [-0.05, 0) is 31.2 Å². The van der Waals surface area contributed by atoms with Crippen molar-refractivity contribution >= 4 is 17.6 Å². The van der Waals surface area contributed by atoms with Crippen molar-refractivity contribution < 1.29 is 32.6 Å². The Balaban J connectivity index is 2.07. The van der Waals surface area contributed by atoms with Crippen molar-refractivity contribution in [3.8, 4) is 5.75 Å². The minimum atomic E-state index is -2.57. The average Bonchev–Trinajstić information content (AvgIpc) is 2.86. The van der Waals surface area contributed by atoms with E-state index in [1.165, 1.54) is 30.5 Å². The van der Waals surface area contributed by atoms with E-state index in [0.29, 0.717) is 11.3 Å². The van der Waals surface area contributed by atoms with Crippen LogP contribution in [-0.2, 0) is 11.2 Å². The number of halogens is 2. The highest BCUT2D eigenvalue weighted by Gasteiger charge is 2.20. The number of hydrogen-bond acceptors (Lipinski definition) is 4. The van der Waals surface area contributed by atoms with Crippen LogP contribution in [-0.4, -0.2) is 30.0 Å². The Morgan fingerprint density at radius 3 is 2.54 bits per heavy atom. The van der Waals surface area contributed by atoms with Crippen LogP contribution in [0.15, 0.2) is 34.9 Å². The number of aryl methyl sites for hydroxylation is 1. The molecular formula is C16H15F2NO5. The van der Waals surface area contributed by atoms with Crippen molar-refractivity contribution in [2.75, 3.05) is 11.9 Å². The molecule has 0 saturated heterocycles. The fourth-order valence-electron chi connectivity index (χ4n) is 2.06. The molecule has 0 radical (unpaired) electrons. The van der Waals surface area contributed by atoms with Crippen molar-refractivity contribution in [2.45, 2.75) is 19.8 Å². The molecule has 0 spiro atoms. The van der Waals surface area contributed by atoms with Crippen molar-refractivity contribution in [3.05, 3.63) is 47.4 Å². The van der Waals surface area contributed by atoms with Gasteiger partial charge in [-0.25, -0.2) is 8.78 Å². The third kappa shape index (κ3) is 4.55. The number of carbonyl (C=O) groups excluding carboxylic acids is 1. The minimum Gasteiger partial charge on any atom is -0.488 e. The fraction of sp³-hybridized carbons (Fsp3) is 0.250. The Hall–Kier alpha value is -2.90. The third-order valence-corrected chi connectivity index (χ3v) is 3.08. The van der Waals surface area contributed by atoms with Gasteiger partial charge in [-0.1, -0.05) is 0 Å². The predicted octanol–water partition coefficient (Wildman–Crippen LogP) is 3.11. The van der Waals surface area contributed by atoms with Gasteiger partial charge in [-0.15, -0.1) is 0 Å². The lowest BCUT2D eigenvalue weighted by atomic mass is 10.1. The standard InChI is InChI=1S/C16H15F2NO5/c1-9-7-24-12(6-14(20)21)15(9)16(22)19-10-2-4-11(5-3-10)23-8-13(17)18/h2-5,7,13H,6,8H2,1H3,(H,19,22)(H,20,21). The van der Waals surface area contributed by atoms with E-state index >= 15 is 0 Å². The summed E-state index contributed by atoms with van der Waals surface area (Å²) < 4.78 is 34.1. The smallest absolute Gasteiger partial charge is 0.311 e. The first-order valence-electron chi connectivity index (χ1n) is 6.98. The van der Waals surface area contributed by atoms with Gasteiger partial charge in [0.15, 0.2) is 0 Å². The van der Waals surface area contributed by atoms with Crippen LogP contribution in [0.4, 0.5) is 14.5 Å². The number of nitrogens with one attached hydrogen (secondary N) is 1. The van der Waals surface area contributed by atoms with Crippen LogP contribution in [0, 0.1) is 6.92 Å². The Morgan fingerprint density at radius 1 is 1.29 bits per heavy atom. The summed E-state index contributed by atoms with van der Waals surface area (Å²) in [6.07, 6.45) is -1.66. The minimum absolute atomic E-state index is 0.0642. The van der Waals surface area contributed by atoms with Gasteiger partial charge < -0.3 is 19.6 Å². The lowest BCUT2D eigenvalue weighted by Crippen LogP contribution is -2.15. The number of alkyl halides is 2. The number of carboxylic acids is 1. The molecule has 24 heavy (non-hydrogen) atoms. The predicted molar refractivity (Wildman–Crippen MR) is 80.7 cm³/mol. The van der Waals surface area contributed by atoms with Gasteiger partial charge >= 0.3 is 5.97 Å². The van der Waals surface area contributed by atoms with Crippen LogP contribution >= 0.6 is 0 Å². The molecule has 1 aromatic heterocycles. The number of amides is 1. The molecule has 1 aromatic carbocycles. The number of ether oxygens (including phenoxy) is 1. The largest absolute Gasteiger partial charge is 0.488 e. The van der Waals surface area contributed by atoms with Gasteiger partial charge in [-0.2, -0.15) is 0 Å². The van der Waals surface area contributed by atoms with Crippen LogP contribution in [0.3, 0.4) is 0 Å². The molecule has 2 N–H and O–H groups in total. The maximum atomic E-state index is 12.3. The Kier molecular flexibility index (Phi) is 5.51. The highest BCUT2D eigenvalue weighted by atomic mass is 19.3. The second-order valence-electron chi connectivity index (χ2n) is 4.97. The lowest BCUT2D eigenvalue weighted by Gasteiger charge is -2.08. The fourth-order valence-corrected chi connectivity index (χ4v) is 2.06. The molecule has 0 atom stereocenters. The van der Waals surface area contributed by atoms with Crippen molar-refractivity contribution in [1.29, 1.82) is 0 Å². The molecule has 6 nitrogen and oxygen atoms in total. The molecule has 0 aliphatic heterocycles. The highest BCUT2D eigenvalue weighted by molar-refractivity contribution is 6.06. The van der Waals surface area contributed by atoms with Crippen LogP contribution in [0.25, 0.3) is 0 Å². The number of rotatable bonds is 7. The van der Waals surface area contributed by atoms with E-state index in [-0.39, 0.29) is 17.1 Å². The summed E-state index contributed by atoms with van der Waals surface area (Å²) in [6, 6.07) is 5.87. The zero-order valence-corrected chi connectivity index (χ0v) is 12.7. The molecule has 2 aromatic rings. The van der Waals surface area contributed by atoms with E-state index in [9.17, 15) is 18.4 Å². The molecule has 128 valence electrons. The molecule has 2 rings (SSSR count). The van der Waals surface area contributed by atoms with E-state index in [0.717, 1.165) is 0 Å². The zero-order chi connectivity index (χ0) is 17.7. The maximum absolute atomic E-state index is 12.3. The van der Waals surface area contributed by atoms with Crippen molar-refractivity contribution in [2.24, 2.45) is 0 Å². The number of aliphatic carboxylic acids is 1. The van der Waals surface area contributed by atoms with E-state index in [4.69, 9.17) is 14.3 Å². The van der Waals surface area contributed by atoms with Gasteiger partial charge in [0.1, 0.15) is 24.5 Å². The maximum Gasteiger partial charge on any atom is 0.311 e. The van der Waals surface area contributed by atoms with Gasteiger partial charge in [0.2, 0.25) is 0 Å². The quantitative estimate of drug-likeness (QED) is 0.809. The van der Waals surface area contributed by atoms with E-state index in [2.05, 4.69) is 5.32 Å². The highest BCUT2D eigenvalue weighted by Crippen LogP contribution is 2.21. The Bertz CT molecular complexity index is 725. The summed E-state index contributed by atoms with van der Waals surface area (Å²) in [5.41, 5.74) is 1.09. The van der Waals surface area contributed by atoms with Gasteiger partial charge in [0.25, 0.3) is 12.3 Å². The normalized spacial score (nSPS) is 10.7. The number of benzene rings is 1. The summed E-state index contributed by atoms with van der Waals surface area (Å²) in [7, 11) is 0. The van der Waals surface area contributed by atoms with Crippen LogP contribution in [0.2, 0.25) is 0 Å². The van der Waals surface area contributed by atoms with Crippen LogP contribution in [0.5, 0.6) is 5.75 Å². The van der Waals surface area contributed by atoms with Crippen molar-refractivity contribution in [1.82, 2.24) is 0 Å². The van der Waals surface area contributed by atoms with E-state index in [1.807, 2.05) is 0 Å². The summed E-state index contributed by atoms with van der Waals surface area (Å²) in [5.74, 6) is -1.31. The number of carbonyl (C=O) groups is 2. The van der Waals surface area contributed by atoms with E-state index < -0.39 is 31.3 Å². The Labute approximate surface area is 136 Å². The SMILES string of the molecule is Cc1coc(CC(=O)O)c1C(=O)Nc1ccc(OCC(F)F)cc1. The first-order valence-corrected chi connectivity index (χ1v) is 6.98. The molecule has 0 aliphatic carbocycles. The first kappa shape index (κ1) is 17.5. The summed E-state index contributed by atoms with van der Waals surface area (Å²) in [5, 5.41) is 11.4.